The van der Waals surface area contributed by atoms with E-state index in [2.05, 4.69) is 13.2 Å². The van der Waals surface area contributed by atoms with Crippen LogP contribution in [0.25, 0.3) is 0 Å². The van der Waals surface area contributed by atoms with Crippen molar-refractivity contribution >= 4 is 23.9 Å². The molecule has 3 aromatic rings. The first-order valence-electron chi connectivity index (χ1n) is 17.7. The maximum absolute atomic E-state index is 12.8. The lowest BCUT2D eigenvalue weighted by atomic mass is 10.1. The van der Waals surface area contributed by atoms with Gasteiger partial charge in [-0.05, 0) is 131 Å². The van der Waals surface area contributed by atoms with Crippen LogP contribution in [-0.4, -0.2) is 56.9 Å². The van der Waals surface area contributed by atoms with Gasteiger partial charge in [0.05, 0.1) is 44.2 Å². The highest BCUT2D eigenvalue weighted by Crippen LogP contribution is 2.19. The molecule has 278 valence electrons. The molecule has 0 heterocycles. The maximum atomic E-state index is 12.8. The van der Waals surface area contributed by atoms with Crippen molar-refractivity contribution in [2.45, 2.75) is 71.6 Å². The van der Waals surface area contributed by atoms with Gasteiger partial charge in [-0.15, -0.1) is 0 Å². The van der Waals surface area contributed by atoms with Crippen molar-refractivity contribution < 1.29 is 47.6 Å². The molecule has 0 fully saturated rings. The van der Waals surface area contributed by atoms with Crippen LogP contribution in [-0.2, 0) is 30.2 Å². The molecule has 0 aromatic heterocycles. The summed E-state index contributed by atoms with van der Waals surface area (Å²) in [5.41, 5.74) is 2.47. The lowest BCUT2D eigenvalue weighted by Crippen LogP contribution is -2.10. The Morgan fingerprint density at radius 3 is 1.44 bits per heavy atom. The second-order valence-electron chi connectivity index (χ2n) is 12.3. The third kappa shape index (κ3) is 16.1. The molecule has 0 radical (unpaired) electrons. The minimum atomic E-state index is -0.492. The summed E-state index contributed by atoms with van der Waals surface area (Å²) >= 11 is 0. The third-order valence-electron chi connectivity index (χ3n) is 7.69. The summed E-state index contributed by atoms with van der Waals surface area (Å²) in [6, 6.07) is 20.7. The van der Waals surface area contributed by atoms with Crippen LogP contribution in [0, 0.1) is 0 Å². The van der Waals surface area contributed by atoms with Gasteiger partial charge in [-0.3, -0.25) is 0 Å². The molecule has 0 saturated heterocycles. The molecule has 10 heteroatoms. The van der Waals surface area contributed by atoms with Crippen molar-refractivity contribution in [3.05, 3.63) is 114 Å². The fourth-order valence-electron chi connectivity index (χ4n) is 4.72. The van der Waals surface area contributed by atoms with Crippen molar-refractivity contribution in [3.63, 3.8) is 0 Å². The summed E-state index contributed by atoms with van der Waals surface area (Å²) < 4.78 is 32.7. The molecule has 0 aliphatic rings. The van der Waals surface area contributed by atoms with E-state index >= 15 is 0 Å². The number of unbranched alkanes of at least 4 members (excludes halogenated alkanes) is 6. The summed E-state index contributed by atoms with van der Waals surface area (Å²) in [6.45, 7) is 12.4. The molecule has 0 atom stereocenters. The molecule has 3 rings (SSSR count). The number of benzene rings is 3. The molecule has 0 spiro atoms. The Kier molecular flexibility index (Phi) is 18.3. The lowest BCUT2D eigenvalue weighted by Gasteiger charge is -2.09. The summed E-state index contributed by atoms with van der Waals surface area (Å²) in [6.07, 6.45) is 7.52. The van der Waals surface area contributed by atoms with Crippen LogP contribution < -0.4 is 14.2 Å². The first-order chi connectivity index (χ1) is 25.1. The lowest BCUT2D eigenvalue weighted by molar-refractivity contribution is -0.139. The smallest absolute Gasteiger partial charge is 0.343 e. The molecule has 0 bridgehead atoms. The molecule has 0 N–H and O–H groups in total. The average Bonchev–Trinajstić information content (AvgIpc) is 3.14. The predicted octanol–water partition coefficient (Wildman–Crippen LogP) is 8.42. The first kappa shape index (κ1) is 41.0. The van der Waals surface area contributed by atoms with Crippen LogP contribution in [0.5, 0.6) is 17.2 Å². The van der Waals surface area contributed by atoms with Gasteiger partial charge in [-0.25, -0.2) is 19.2 Å². The van der Waals surface area contributed by atoms with E-state index in [0.717, 1.165) is 56.9 Å². The Labute approximate surface area is 306 Å². The largest absolute Gasteiger partial charge is 0.494 e. The van der Waals surface area contributed by atoms with Crippen LogP contribution in [0.15, 0.2) is 97.1 Å². The molecule has 52 heavy (non-hydrogen) atoms. The van der Waals surface area contributed by atoms with Gasteiger partial charge in [-0.1, -0.05) is 25.3 Å². The minimum Gasteiger partial charge on any atom is -0.494 e. The number of esters is 4. The van der Waals surface area contributed by atoms with Crippen LogP contribution >= 0.6 is 0 Å². The zero-order valence-corrected chi connectivity index (χ0v) is 30.3. The topological polar surface area (TPSA) is 124 Å². The van der Waals surface area contributed by atoms with E-state index in [0.29, 0.717) is 72.4 Å². The van der Waals surface area contributed by atoms with E-state index < -0.39 is 11.9 Å². The zero-order valence-electron chi connectivity index (χ0n) is 30.3. The quantitative estimate of drug-likeness (QED) is 0.0294. The van der Waals surface area contributed by atoms with Gasteiger partial charge < -0.3 is 28.4 Å². The Bertz CT molecular complexity index is 1610. The highest BCUT2D eigenvalue weighted by atomic mass is 16.5. The van der Waals surface area contributed by atoms with E-state index in [1.807, 2.05) is 6.07 Å². The van der Waals surface area contributed by atoms with E-state index in [4.69, 9.17) is 28.4 Å². The highest BCUT2D eigenvalue weighted by molar-refractivity contribution is 5.91. The van der Waals surface area contributed by atoms with E-state index in [1.54, 1.807) is 80.6 Å². The molecule has 0 aliphatic carbocycles. The van der Waals surface area contributed by atoms with E-state index in [9.17, 15) is 19.2 Å². The van der Waals surface area contributed by atoms with Gasteiger partial charge in [0, 0.05) is 17.6 Å². The maximum Gasteiger partial charge on any atom is 0.343 e. The third-order valence-corrected chi connectivity index (χ3v) is 7.69. The van der Waals surface area contributed by atoms with E-state index in [1.165, 1.54) is 0 Å². The molecule has 0 aliphatic heterocycles. The van der Waals surface area contributed by atoms with Crippen molar-refractivity contribution in [2.24, 2.45) is 0 Å². The minimum absolute atomic E-state index is 0.160. The van der Waals surface area contributed by atoms with Gasteiger partial charge in [0.15, 0.2) is 0 Å². The van der Waals surface area contributed by atoms with Crippen LogP contribution in [0.3, 0.4) is 0 Å². The van der Waals surface area contributed by atoms with Crippen molar-refractivity contribution in [2.75, 3.05) is 33.0 Å². The molecule has 0 unspecified atom stereocenters. The Morgan fingerprint density at radius 1 is 0.500 bits per heavy atom. The first-order valence-corrected chi connectivity index (χ1v) is 17.7. The van der Waals surface area contributed by atoms with Crippen molar-refractivity contribution in [1.29, 1.82) is 0 Å². The molecule has 10 nitrogen and oxygen atoms in total. The second kappa shape index (κ2) is 23.2. The average molecular weight is 715 g/mol. The zero-order chi connectivity index (χ0) is 37.6. The normalized spacial score (nSPS) is 10.5. The molecular weight excluding hydrogens is 664 g/mol. The van der Waals surface area contributed by atoms with Gasteiger partial charge in [-0.2, -0.15) is 0 Å². The summed E-state index contributed by atoms with van der Waals surface area (Å²) in [5, 5.41) is 0. The van der Waals surface area contributed by atoms with Crippen LogP contribution in [0.4, 0.5) is 0 Å². The van der Waals surface area contributed by atoms with E-state index in [-0.39, 0.29) is 18.5 Å². The SMILES string of the molecule is C=C(C)C(=O)OCCCCCCOc1ccc(C(=O)OCCc2cccc(OC(=O)c3ccc(OCCCCCCOC(=O)C(=C)C)cc3)c2)cc1. The number of carbonyl (C=O) groups is 4. The fraction of sp³-hybridized carbons (Fsp3) is 0.381. The molecule has 0 amide bonds. The Hall–Kier alpha value is -5.38. The van der Waals surface area contributed by atoms with Crippen molar-refractivity contribution in [3.8, 4) is 17.2 Å². The predicted molar refractivity (Wildman–Crippen MR) is 198 cm³/mol. The van der Waals surface area contributed by atoms with Gasteiger partial charge in [0.2, 0.25) is 0 Å². The van der Waals surface area contributed by atoms with Gasteiger partial charge >= 0.3 is 23.9 Å². The molecule has 0 saturated carbocycles. The summed E-state index contributed by atoms with van der Waals surface area (Å²) in [7, 11) is 0. The number of carbonyl (C=O) groups excluding carboxylic acids is 4. The number of hydrogen-bond acceptors (Lipinski definition) is 10. The van der Waals surface area contributed by atoms with Crippen LogP contribution in [0.1, 0.15) is 91.5 Å². The number of hydrogen-bond donors (Lipinski definition) is 0. The second-order valence-corrected chi connectivity index (χ2v) is 12.3. The molecular formula is C42H50O10. The van der Waals surface area contributed by atoms with Gasteiger partial charge in [0.1, 0.15) is 17.2 Å². The van der Waals surface area contributed by atoms with Crippen molar-refractivity contribution in [1.82, 2.24) is 0 Å². The Morgan fingerprint density at radius 2 is 0.962 bits per heavy atom. The number of ether oxygens (including phenoxy) is 6. The number of rotatable bonds is 24. The van der Waals surface area contributed by atoms with Crippen LogP contribution in [0.2, 0.25) is 0 Å². The molecule has 3 aromatic carbocycles. The summed E-state index contributed by atoms with van der Waals surface area (Å²) in [4.78, 5) is 48.0. The Balaban J connectivity index is 1.29. The standard InChI is InChI=1S/C42H50O10/c1-31(2)39(43)49-27-11-7-5-9-25-47-36-20-16-34(17-21-36)41(45)51-29-24-33-14-13-15-38(30-33)52-42(46)35-18-22-37(23-19-35)48-26-10-6-8-12-28-50-40(44)32(3)4/h13-23,30H,1,3,5-12,24-29H2,2,4H3. The monoisotopic (exact) mass is 714 g/mol. The summed E-state index contributed by atoms with van der Waals surface area (Å²) in [5.74, 6) is 0.0800. The van der Waals surface area contributed by atoms with Gasteiger partial charge in [0.25, 0.3) is 0 Å². The highest BCUT2D eigenvalue weighted by Gasteiger charge is 2.11. The fourth-order valence-corrected chi connectivity index (χ4v) is 4.72.